The highest BCUT2D eigenvalue weighted by atomic mass is 16.5. The molecule has 0 aromatic heterocycles. The van der Waals surface area contributed by atoms with Crippen molar-refractivity contribution in [3.63, 3.8) is 0 Å². The van der Waals surface area contributed by atoms with Crippen molar-refractivity contribution in [3.05, 3.63) is 23.8 Å². The van der Waals surface area contributed by atoms with E-state index in [1.165, 1.54) is 0 Å². The van der Waals surface area contributed by atoms with E-state index in [1.807, 2.05) is 25.1 Å². The maximum Gasteiger partial charge on any atom is 0.228 e. The highest BCUT2D eigenvalue weighted by molar-refractivity contribution is 5.92. The minimum absolute atomic E-state index is 0.0715. The number of aryl methyl sites for hydroxylation is 1. The number of hydrogen-bond acceptors (Lipinski definition) is 4. The second kappa shape index (κ2) is 7.79. The van der Waals surface area contributed by atoms with E-state index in [1.54, 1.807) is 0 Å². The van der Waals surface area contributed by atoms with E-state index in [2.05, 4.69) is 10.6 Å². The summed E-state index contributed by atoms with van der Waals surface area (Å²) in [5.41, 5.74) is 1.90. The van der Waals surface area contributed by atoms with Gasteiger partial charge in [0.2, 0.25) is 5.91 Å². The largest absolute Gasteiger partial charge is 0.490 e. The van der Waals surface area contributed by atoms with E-state index < -0.39 is 0 Å². The predicted octanol–water partition coefficient (Wildman–Crippen LogP) is 2.49. The zero-order valence-corrected chi connectivity index (χ0v) is 13.8. The minimum Gasteiger partial charge on any atom is -0.490 e. The molecule has 0 spiro atoms. The summed E-state index contributed by atoms with van der Waals surface area (Å²) in [4.78, 5) is 12.3. The van der Waals surface area contributed by atoms with Gasteiger partial charge in [0.1, 0.15) is 11.9 Å². The molecule has 0 saturated carbocycles. The number of benzene rings is 1. The van der Waals surface area contributed by atoms with Crippen LogP contribution in [0.1, 0.15) is 31.2 Å². The lowest BCUT2D eigenvalue weighted by Gasteiger charge is -2.24. The van der Waals surface area contributed by atoms with Crippen LogP contribution in [0.25, 0.3) is 0 Å². The number of hydrogen-bond donors (Lipinski definition) is 2. The molecular weight excluding hydrogens is 292 g/mol. The molecule has 2 aliphatic rings. The van der Waals surface area contributed by atoms with Gasteiger partial charge in [0.05, 0.1) is 19.1 Å². The molecule has 1 atom stereocenters. The van der Waals surface area contributed by atoms with Crippen LogP contribution in [0.4, 0.5) is 5.69 Å². The van der Waals surface area contributed by atoms with Gasteiger partial charge >= 0.3 is 0 Å². The smallest absolute Gasteiger partial charge is 0.228 e. The Hall–Kier alpha value is -1.59. The molecule has 23 heavy (non-hydrogen) atoms. The summed E-state index contributed by atoms with van der Waals surface area (Å²) in [5.74, 6) is 1.08. The highest BCUT2D eigenvalue weighted by Crippen LogP contribution is 2.25. The van der Waals surface area contributed by atoms with Gasteiger partial charge in [-0.2, -0.15) is 0 Å². The molecule has 2 fully saturated rings. The number of rotatable bonds is 4. The number of carbonyl (C=O) groups is 1. The van der Waals surface area contributed by atoms with Crippen LogP contribution in [0.15, 0.2) is 18.2 Å². The standard InChI is InChI=1S/C18H26N2O3/c1-13-11-15(20-18(21)14-3-2-8-19-12-14)4-5-17(13)23-16-6-9-22-10-7-16/h4-5,11,14,16,19H,2-3,6-10,12H2,1H3,(H,20,21). The van der Waals surface area contributed by atoms with Gasteiger partial charge in [-0.05, 0) is 50.1 Å². The summed E-state index contributed by atoms with van der Waals surface area (Å²) in [6.45, 7) is 5.35. The molecule has 1 unspecified atom stereocenters. The van der Waals surface area contributed by atoms with Crippen LogP contribution >= 0.6 is 0 Å². The van der Waals surface area contributed by atoms with Crippen molar-refractivity contribution >= 4 is 11.6 Å². The van der Waals surface area contributed by atoms with Crippen LogP contribution in [-0.4, -0.2) is 38.3 Å². The topological polar surface area (TPSA) is 59.6 Å². The molecule has 1 aromatic rings. The number of ether oxygens (including phenoxy) is 2. The Morgan fingerprint density at radius 3 is 2.83 bits per heavy atom. The average Bonchev–Trinajstić information content (AvgIpc) is 2.59. The Balaban J connectivity index is 1.58. The molecule has 5 nitrogen and oxygen atoms in total. The van der Waals surface area contributed by atoms with Gasteiger partial charge in [-0.3, -0.25) is 4.79 Å². The van der Waals surface area contributed by atoms with E-state index in [-0.39, 0.29) is 17.9 Å². The van der Waals surface area contributed by atoms with Crippen molar-refractivity contribution in [2.24, 2.45) is 5.92 Å². The molecule has 126 valence electrons. The minimum atomic E-state index is 0.0715. The van der Waals surface area contributed by atoms with Crippen LogP contribution in [0, 0.1) is 12.8 Å². The third kappa shape index (κ3) is 4.45. The average molecular weight is 318 g/mol. The van der Waals surface area contributed by atoms with E-state index >= 15 is 0 Å². The second-order valence-corrected chi connectivity index (χ2v) is 6.44. The molecule has 2 saturated heterocycles. The predicted molar refractivity (Wildman–Crippen MR) is 89.9 cm³/mol. The molecule has 0 aliphatic carbocycles. The third-order valence-electron chi connectivity index (χ3n) is 4.57. The number of amides is 1. The molecule has 2 N–H and O–H groups in total. The van der Waals surface area contributed by atoms with Gasteiger partial charge in [0, 0.05) is 25.1 Å². The second-order valence-electron chi connectivity index (χ2n) is 6.44. The molecule has 1 amide bonds. The monoisotopic (exact) mass is 318 g/mol. The fourth-order valence-corrected chi connectivity index (χ4v) is 3.15. The lowest BCUT2D eigenvalue weighted by molar-refractivity contribution is -0.120. The Bertz CT molecular complexity index is 535. The number of carbonyl (C=O) groups excluding carboxylic acids is 1. The van der Waals surface area contributed by atoms with Crippen LogP contribution in [-0.2, 0) is 9.53 Å². The molecule has 5 heteroatoms. The summed E-state index contributed by atoms with van der Waals surface area (Å²) < 4.78 is 11.4. The van der Waals surface area contributed by atoms with Crippen molar-refractivity contribution < 1.29 is 14.3 Å². The lowest BCUT2D eigenvalue weighted by atomic mass is 9.98. The number of nitrogens with one attached hydrogen (secondary N) is 2. The summed E-state index contributed by atoms with van der Waals surface area (Å²) in [7, 11) is 0. The SMILES string of the molecule is Cc1cc(NC(=O)C2CCCNC2)ccc1OC1CCOCC1. The van der Waals surface area contributed by atoms with E-state index in [4.69, 9.17) is 9.47 Å². The first-order chi connectivity index (χ1) is 11.2. The Morgan fingerprint density at radius 2 is 2.13 bits per heavy atom. The van der Waals surface area contributed by atoms with Gasteiger partial charge in [0.25, 0.3) is 0 Å². The van der Waals surface area contributed by atoms with Crippen LogP contribution in [0.2, 0.25) is 0 Å². The highest BCUT2D eigenvalue weighted by Gasteiger charge is 2.21. The van der Waals surface area contributed by atoms with Crippen LogP contribution in [0.3, 0.4) is 0 Å². The Morgan fingerprint density at radius 1 is 1.30 bits per heavy atom. The first-order valence-electron chi connectivity index (χ1n) is 8.59. The van der Waals surface area contributed by atoms with Gasteiger partial charge in [-0.15, -0.1) is 0 Å². The molecule has 2 aliphatic heterocycles. The van der Waals surface area contributed by atoms with E-state index in [0.717, 1.165) is 69.0 Å². The maximum atomic E-state index is 12.3. The van der Waals surface area contributed by atoms with Crippen molar-refractivity contribution in [1.29, 1.82) is 0 Å². The fourth-order valence-electron chi connectivity index (χ4n) is 3.15. The summed E-state index contributed by atoms with van der Waals surface area (Å²) >= 11 is 0. The molecule has 1 aromatic carbocycles. The lowest BCUT2D eigenvalue weighted by Crippen LogP contribution is -2.37. The Labute approximate surface area is 137 Å². The number of piperidine rings is 1. The molecule has 2 heterocycles. The molecular formula is C18H26N2O3. The maximum absolute atomic E-state index is 12.3. The van der Waals surface area contributed by atoms with Gasteiger partial charge < -0.3 is 20.1 Å². The van der Waals surface area contributed by atoms with Crippen molar-refractivity contribution in [2.75, 3.05) is 31.6 Å². The van der Waals surface area contributed by atoms with Gasteiger partial charge in [-0.25, -0.2) is 0 Å². The van der Waals surface area contributed by atoms with E-state index in [0.29, 0.717) is 0 Å². The normalized spacial score (nSPS) is 22.6. The van der Waals surface area contributed by atoms with Crippen molar-refractivity contribution in [3.8, 4) is 5.75 Å². The zero-order valence-electron chi connectivity index (χ0n) is 13.8. The first-order valence-corrected chi connectivity index (χ1v) is 8.59. The molecule has 3 rings (SSSR count). The first kappa shape index (κ1) is 16.3. The Kier molecular flexibility index (Phi) is 5.51. The third-order valence-corrected chi connectivity index (χ3v) is 4.57. The van der Waals surface area contributed by atoms with Gasteiger partial charge in [-0.1, -0.05) is 0 Å². The summed E-state index contributed by atoms with van der Waals surface area (Å²) in [5, 5.41) is 6.31. The fraction of sp³-hybridized carbons (Fsp3) is 0.611. The summed E-state index contributed by atoms with van der Waals surface area (Å²) in [6, 6.07) is 5.87. The summed E-state index contributed by atoms with van der Waals surface area (Å²) in [6.07, 6.45) is 4.13. The number of anilines is 1. The molecule has 0 radical (unpaired) electrons. The van der Waals surface area contributed by atoms with Gasteiger partial charge in [0.15, 0.2) is 0 Å². The van der Waals surface area contributed by atoms with Crippen LogP contribution < -0.4 is 15.4 Å². The van der Waals surface area contributed by atoms with Crippen molar-refractivity contribution in [1.82, 2.24) is 5.32 Å². The van der Waals surface area contributed by atoms with E-state index in [9.17, 15) is 4.79 Å². The van der Waals surface area contributed by atoms with Crippen molar-refractivity contribution in [2.45, 2.75) is 38.7 Å². The van der Waals surface area contributed by atoms with Crippen LogP contribution in [0.5, 0.6) is 5.75 Å². The molecule has 0 bridgehead atoms. The quantitative estimate of drug-likeness (QED) is 0.895. The zero-order chi connectivity index (χ0) is 16.1.